The van der Waals surface area contributed by atoms with Crippen LogP contribution in [0.1, 0.15) is 5.56 Å². The van der Waals surface area contributed by atoms with Crippen molar-refractivity contribution in [1.29, 1.82) is 0 Å². The second kappa shape index (κ2) is 4.04. The maximum Gasteiger partial charge on any atom is 0.301 e. The van der Waals surface area contributed by atoms with Gasteiger partial charge in [-0.1, -0.05) is 27.5 Å². The van der Waals surface area contributed by atoms with Crippen molar-refractivity contribution in [2.75, 3.05) is 6.61 Å². The number of aliphatic hydroxyl groups excluding tert-OH is 1. The van der Waals surface area contributed by atoms with Gasteiger partial charge >= 0.3 is 5.79 Å². The topological polar surface area (TPSA) is 38.7 Å². The number of ether oxygens (including phenoxy) is 2. The molecule has 0 spiro atoms. The van der Waals surface area contributed by atoms with Gasteiger partial charge in [-0.2, -0.15) is 0 Å². The minimum Gasteiger partial charge on any atom is -0.451 e. The van der Waals surface area contributed by atoms with Gasteiger partial charge in [-0.15, -0.1) is 0 Å². The van der Waals surface area contributed by atoms with Gasteiger partial charge in [0.15, 0.2) is 0 Å². The van der Waals surface area contributed by atoms with Crippen LogP contribution < -0.4 is 0 Å². The molecule has 3 nitrogen and oxygen atoms in total. The molecule has 0 aromatic heterocycles. The molecule has 1 aromatic rings. The Balaban J connectivity index is 2.43. The summed E-state index contributed by atoms with van der Waals surface area (Å²) in [6, 6.07) is 5.28. The first-order chi connectivity index (χ1) is 7.18. The molecule has 0 radical (unpaired) electrons. The van der Waals surface area contributed by atoms with E-state index in [-0.39, 0.29) is 6.61 Å². The van der Waals surface area contributed by atoms with Crippen LogP contribution in [0.25, 0.3) is 0 Å². The van der Waals surface area contributed by atoms with Crippen LogP contribution in [0.3, 0.4) is 0 Å². The van der Waals surface area contributed by atoms with Gasteiger partial charge in [-0.05, 0) is 18.2 Å². The Kier molecular flexibility index (Phi) is 2.91. The number of hydrogen-bond acceptors (Lipinski definition) is 3. The fraction of sp³-hybridized carbons (Fsp3) is 0.200. The standard InChI is InChI=1S/C10H8BrClO3/c11-7-1-2-8(9(12)5-7)10(6-13)14-3-4-15-10/h1-5,13H,6H2. The van der Waals surface area contributed by atoms with Crippen LogP contribution in [0.5, 0.6) is 0 Å². The average molecular weight is 292 g/mol. The molecule has 0 saturated heterocycles. The summed E-state index contributed by atoms with van der Waals surface area (Å²) in [7, 11) is 0. The van der Waals surface area contributed by atoms with Gasteiger partial charge in [-0.3, -0.25) is 0 Å². The Morgan fingerprint density at radius 2 is 2.00 bits per heavy atom. The van der Waals surface area contributed by atoms with E-state index in [0.29, 0.717) is 10.6 Å². The van der Waals surface area contributed by atoms with E-state index in [1.165, 1.54) is 12.5 Å². The lowest BCUT2D eigenvalue weighted by Crippen LogP contribution is -2.31. The van der Waals surface area contributed by atoms with Crippen molar-refractivity contribution in [1.82, 2.24) is 0 Å². The van der Waals surface area contributed by atoms with Crippen LogP contribution in [-0.4, -0.2) is 11.7 Å². The minimum absolute atomic E-state index is 0.304. The molecule has 1 aliphatic rings. The molecule has 0 unspecified atom stereocenters. The number of aliphatic hydroxyl groups is 1. The van der Waals surface area contributed by atoms with Gasteiger partial charge in [0.05, 0.1) is 10.6 Å². The second-order valence-electron chi connectivity index (χ2n) is 3.04. The summed E-state index contributed by atoms with van der Waals surface area (Å²) in [5.74, 6) is -1.20. The summed E-state index contributed by atoms with van der Waals surface area (Å²) in [5.41, 5.74) is 0.597. The molecule has 1 heterocycles. The van der Waals surface area contributed by atoms with Crippen LogP contribution in [0.2, 0.25) is 5.02 Å². The third kappa shape index (κ3) is 1.85. The highest BCUT2D eigenvalue weighted by Gasteiger charge is 2.39. The third-order valence-electron chi connectivity index (χ3n) is 2.12. The molecule has 0 fully saturated rings. The van der Waals surface area contributed by atoms with Crippen LogP contribution in [0, 0.1) is 0 Å². The first-order valence-corrected chi connectivity index (χ1v) is 5.42. The molecule has 15 heavy (non-hydrogen) atoms. The largest absolute Gasteiger partial charge is 0.451 e. The second-order valence-corrected chi connectivity index (χ2v) is 4.37. The van der Waals surface area contributed by atoms with Crippen LogP contribution >= 0.6 is 27.5 Å². The minimum atomic E-state index is -1.20. The molecule has 0 atom stereocenters. The van der Waals surface area contributed by atoms with Crippen LogP contribution in [0.4, 0.5) is 0 Å². The number of benzene rings is 1. The lowest BCUT2D eigenvalue weighted by molar-refractivity contribution is -0.177. The summed E-state index contributed by atoms with van der Waals surface area (Å²) < 4.78 is 11.3. The molecule has 2 rings (SSSR count). The fourth-order valence-electron chi connectivity index (χ4n) is 1.39. The highest BCUT2D eigenvalue weighted by molar-refractivity contribution is 9.10. The van der Waals surface area contributed by atoms with E-state index in [4.69, 9.17) is 21.1 Å². The molecular weight excluding hydrogens is 283 g/mol. The highest BCUT2D eigenvalue weighted by atomic mass is 79.9. The van der Waals surface area contributed by atoms with Gasteiger partial charge in [0.1, 0.15) is 19.1 Å². The van der Waals surface area contributed by atoms with Gasteiger partial charge in [0.25, 0.3) is 0 Å². The summed E-state index contributed by atoms with van der Waals surface area (Å²) in [6.45, 7) is -0.304. The van der Waals surface area contributed by atoms with Gasteiger partial charge < -0.3 is 14.6 Å². The van der Waals surface area contributed by atoms with E-state index in [2.05, 4.69) is 15.9 Å². The SMILES string of the molecule is OCC1(c2ccc(Br)cc2Cl)OC=CO1. The molecule has 0 bridgehead atoms. The summed E-state index contributed by atoms with van der Waals surface area (Å²) in [5, 5.41) is 9.78. The van der Waals surface area contributed by atoms with Crippen molar-refractivity contribution >= 4 is 27.5 Å². The first kappa shape index (κ1) is 10.8. The molecule has 5 heteroatoms. The quantitative estimate of drug-likeness (QED) is 0.910. The van der Waals surface area contributed by atoms with E-state index >= 15 is 0 Å². The van der Waals surface area contributed by atoms with Crippen LogP contribution in [0.15, 0.2) is 35.2 Å². The Bertz CT molecular complexity index is 398. The zero-order chi connectivity index (χ0) is 10.9. The van der Waals surface area contributed by atoms with Crippen molar-refractivity contribution in [2.45, 2.75) is 5.79 Å². The van der Waals surface area contributed by atoms with E-state index in [0.717, 1.165) is 4.47 Å². The van der Waals surface area contributed by atoms with E-state index < -0.39 is 5.79 Å². The average Bonchev–Trinajstić information content (AvgIpc) is 2.67. The molecule has 1 aliphatic heterocycles. The van der Waals surface area contributed by atoms with Gasteiger partial charge in [0.2, 0.25) is 0 Å². The van der Waals surface area contributed by atoms with Gasteiger partial charge in [-0.25, -0.2) is 0 Å². The Morgan fingerprint density at radius 1 is 1.33 bits per heavy atom. The summed E-state index contributed by atoms with van der Waals surface area (Å²) in [4.78, 5) is 0. The van der Waals surface area contributed by atoms with Crippen molar-refractivity contribution in [2.24, 2.45) is 0 Å². The molecule has 1 aromatic carbocycles. The predicted octanol–water partition coefficient (Wildman–Crippen LogP) is 2.77. The number of halogens is 2. The molecule has 0 saturated carbocycles. The smallest absolute Gasteiger partial charge is 0.301 e. The third-order valence-corrected chi connectivity index (χ3v) is 2.93. The predicted molar refractivity (Wildman–Crippen MR) is 59.2 cm³/mol. The van der Waals surface area contributed by atoms with E-state index in [1.807, 2.05) is 6.07 Å². The maximum absolute atomic E-state index is 9.30. The number of hydrogen-bond donors (Lipinski definition) is 1. The lowest BCUT2D eigenvalue weighted by atomic mass is 10.1. The van der Waals surface area contributed by atoms with Crippen molar-refractivity contribution in [3.05, 3.63) is 45.8 Å². The van der Waals surface area contributed by atoms with E-state index in [1.54, 1.807) is 12.1 Å². The van der Waals surface area contributed by atoms with Crippen LogP contribution in [-0.2, 0) is 15.3 Å². The monoisotopic (exact) mass is 290 g/mol. The van der Waals surface area contributed by atoms with Crippen molar-refractivity contribution in [3.63, 3.8) is 0 Å². The molecule has 80 valence electrons. The fourth-order valence-corrected chi connectivity index (χ4v) is 2.21. The number of rotatable bonds is 2. The Labute approximate surface area is 100 Å². The molecule has 0 amide bonds. The zero-order valence-corrected chi connectivity index (χ0v) is 9.96. The van der Waals surface area contributed by atoms with E-state index in [9.17, 15) is 5.11 Å². The van der Waals surface area contributed by atoms with Crippen molar-refractivity contribution in [3.8, 4) is 0 Å². The zero-order valence-electron chi connectivity index (χ0n) is 7.61. The molecule has 1 N–H and O–H groups in total. The first-order valence-electron chi connectivity index (χ1n) is 4.25. The lowest BCUT2D eigenvalue weighted by Gasteiger charge is -2.26. The molecule has 0 aliphatic carbocycles. The van der Waals surface area contributed by atoms with Crippen molar-refractivity contribution < 1.29 is 14.6 Å². The normalized spacial score (nSPS) is 17.3. The molecular formula is C10H8BrClO3. The Hall–Kier alpha value is -0.710. The maximum atomic E-state index is 9.30. The van der Waals surface area contributed by atoms with Gasteiger partial charge in [0, 0.05) is 4.47 Å². The summed E-state index contributed by atoms with van der Waals surface area (Å²) in [6.07, 6.45) is 2.77. The Morgan fingerprint density at radius 3 is 2.53 bits per heavy atom. The highest BCUT2D eigenvalue weighted by Crippen LogP contribution is 2.37. The summed E-state index contributed by atoms with van der Waals surface area (Å²) >= 11 is 9.35.